The highest BCUT2D eigenvalue weighted by atomic mass is 16.2. The molecule has 2 aliphatic heterocycles. The second-order valence-electron chi connectivity index (χ2n) is 7.25. The van der Waals surface area contributed by atoms with E-state index in [0.29, 0.717) is 17.9 Å². The Hall–Kier alpha value is -1.39. The molecule has 0 bridgehead atoms. The number of benzene rings is 1. The first-order valence-corrected chi connectivity index (χ1v) is 8.18. The van der Waals surface area contributed by atoms with E-state index in [-0.39, 0.29) is 11.3 Å². The Bertz CT molecular complexity index is 616. The average Bonchev–Trinajstić information content (AvgIpc) is 2.97. The maximum atomic E-state index is 12.6. The van der Waals surface area contributed by atoms with Crippen LogP contribution in [0.3, 0.4) is 0 Å². The summed E-state index contributed by atoms with van der Waals surface area (Å²) in [6.07, 6.45) is 4.85. The van der Waals surface area contributed by atoms with Crippen LogP contribution >= 0.6 is 0 Å². The molecule has 4 heteroatoms. The van der Waals surface area contributed by atoms with Gasteiger partial charge in [-0.3, -0.25) is 15.6 Å². The van der Waals surface area contributed by atoms with Gasteiger partial charge in [-0.15, -0.1) is 0 Å². The van der Waals surface area contributed by atoms with Crippen LogP contribution in [-0.4, -0.2) is 18.5 Å². The SMILES string of the molecule is O=C1Nc2ccccc2[C@@]12C[C@@H]2C1CCC2CNNC2C1. The lowest BCUT2D eigenvalue weighted by atomic mass is 9.75. The summed E-state index contributed by atoms with van der Waals surface area (Å²) < 4.78 is 0. The maximum absolute atomic E-state index is 12.6. The molecule has 2 aliphatic carbocycles. The Kier molecular flexibility index (Phi) is 2.37. The second-order valence-corrected chi connectivity index (χ2v) is 7.25. The fourth-order valence-electron chi connectivity index (χ4n) is 5.14. The second kappa shape index (κ2) is 4.08. The third kappa shape index (κ3) is 1.55. The highest BCUT2D eigenvalue weighted by Gasteiger charge is 2.66. The first-order chi connectivity index (χ1) is 10.3. The zero-order valence-electron chi connectivity index (χ0n) is 12.1. The zero-order valence-corrected chi connectivity index (χ0v) is 12.1. The van der Waals surface area contributed by atoms with Gasteiger partial charge in [-0.25, -0.2) is 0 Å². The van der Waals surface area contributed by atoms with Crippen molar-refractivity contribution in [2.45, 2.75) is 37.1 Å². The van der Waals surface area contributed by atoms with Gasteiger partial charge >= 0.3 is 0 Å². The van der Waals surface area contributed by atoms with Gasteiger partial charge in [-0.1, -0.05) is 18.2 Å². The summed E-state index contributed by atoms with van der Waals surface area (Å²) >= 11 is 0. The normalized spacial score (nSPS) is 43.5. The van der Waals surface area contributed by atoms with Gasteiger partial charge in [0, 0.05) is 18.3 Å². The fraction of sp³-hybridized carbons (Fsp3) is 0.588. The highest BCUT2D eigenvalue weighted by molar-refractivity contribution is 6.08. The van der Waals surface area contributed by atoms with Crippen LogP contribution in [0.25, 0.3) is 0 Å². The number of rotatable bonds is 1. The molecular weight excluding hydrogens is 262 g/mol. The summed E-state index contributed by atoms with van der Waals surface area (Å²) in [7, 11) is 0. The van der Waals surface area contributed by atoms with Crippen molar-refractivity contribution in [2.75, 3.05) is 11.9 Å². The minimum atomic E-state index is -0.194. The molecule has 2 heterocycles. The van der Waals surface area contributed by atoms with Crippen LogP contribution in [0.15, 0.2) is 24.3 Å². The Balaban J connectivity index is 1.42. The topological polar surface area (TPSA) is 53.2 Å². The van der Waals surface area contributed by atoms with Crippen molar-refractivity contribution < 1.29 is 4.79 Å². The first-order valence-electron chi connectivity index (χ1n) is 8.18. The van der Waals surface area contributed by atoms with Crippen molar-refractivity contribution in [2.24, 2.45) is 17.8 Å². The third-order valence-electron chi connectivity index (χ3n) is 6.33. The lowest BCUT2D eigenvalue weighted by molar-refractivity contribution is -0.118. The van der Waals surface area contributed by atoms with Gasteiger partial charge in [-0.05, 0) is 55.1 Å². The van der Waals surface area contributed by atoms with E-state index in [9.17, 15) is 4.79 Å². The van der Waals surface area contributed by atoms with Gasteiger partial charge in [0.05, 0.1) is 5.41 Å². The molecule has 1 aromatic rings. The average molecular weight is 283 g/mol. The van der Waals surface area contributed by atoms with Crippen molar-refractivity contribution >= 4 is 11.6 Å². The van der Waals surface area contributed by atoms with Crippen LogP contribution < -0.4 is 16.2 Å². The number of para-hydroxylation sites is 1. The quantitative estimate of drug-likeness (QED) is 0.736. The maximum Gasteiger partial charge on any atom is 0.235 e. The minimum absolute atomic E-state index is 0.194. The van der Waals surface area contributed by atoms with E-state index in [2.05, 4.69) is 28.3 Å². The number of amides is 1. The van der Waals surface area contributed by atoms with E-state index < -0.39 is 0 Å². The Morgan fingerprint density at radius 2 is 2.00 bits per heavy atom. The molecule has 1 aromatic carbocycles. The monoisotopic (exact) mass is 283 g/mol. The molecule has 5 rings (SSSR count). The Morgan fingerprint density at radius 3 is 2.95 bits per heavy atom. The summed E-state index contributed by atoms with van der Waals surface area (Å²) in [5.74, 6) is 2.27. The largest absolute Gasteiger partial charge is 0.325 e. The standard InChI is InChI=1S/C17H21N3O/c21-16-17(12-3-1-2-4-14(12)19-16)8-13(17)10-5-6-11-9-18-20-15(11)7-10/h1-4,10-11,13,15,18,20H,5-9H2,(H,19,21)/t10?,11?,13-,15?,17-/m1/s1. The van der Waals surface area contributed by atoms with Crippen molar-refractivity contribution in [3.05, 3.63) is 29.8 Å². The van der Waals surface area contributed by atoms with Gasteiger partial charge in [-0.2, -0.15) is 0 Å². The molecule has 1 saturated heterocycles. The molecule has 0 aromatic heterocycles. The fourth-order valence-corrected chi connectivity index (χ4v) is 5.14. The van der Waals surface area contributed by atoms with Crippen LogP contribution in [0.4, 0.5) is 5.69 Å². The van der Waals surface area contributed by atoms with Gasteiger partial charge in [0.2, 0.25) is 5.91 Å². The first kappa shape index (κ1) is 12.2. The number of carbonyl (C=O) groups excluding carboxylic acids is 1. The van der Waals surface area contributed by atoms with Crippen LogP contribution in [0.1, 0.15) is 31.2 Å². The van der Waals surface area contributed by atoms with Gasteiger partial charge in [0.1, 0.15) is 0 Å². The summed E-state index contributed by atoms with van der Waals surface area (Å²) in [6, 6.07) is 8.87. The van der Waals surface area contributed by atoms with Gasteiger partial charge in [0.15, 0.2) is 0 Å². The molecule has 5 atom stereocenters. The lowest BCUT2D eigenvalue weighted by Gasteiger charge is -2.31. The third-order valence-corrected chi connectivity index (χ3v) is 6.33. The van der Waals surface area contributed by atoms with E-state index in [0.717, 1.165) is 24.6 Å². The predicted molar refractivity (Wildman–Crippen MR) is 80.6 cm³/mol. The number of anilines is 1. The lowest BCUT2D eigenvalue weighted by Crippen LogP contribution is -2.37. The molecule has 3 unspecified atom stereocenters. The van der Waals surface area contributed by atoms with E-state index in [1.54, 1.807) is 0 Å². The minimum Gasteiger partial charge on any atom is -0.325 e. The summed E-state index contributed by atoms with van der Waals surface area (Å²) in [6.45, 7) is 1.11. The predicted octanol–water partition coefficient (Wildman–Crippen LogP) is 1.79. The number of hydrogen-bond donors (Lipinski definition) is 3. The summed E-state index contributed by atoms with van der Waals surface area (Å²) in [5, 5.41) is 3.10. The molecule has 4 nitrogen and oxygen atoms in total. The number of hydrogen-bond acceptors (Lipinski definition) is 3. The number of nitrogens with one attached hydrogen (secondary N) is 3. The van der Waals surface area contributed by atoms with Crippen LogP contribution in [0.2, 0.25) is 0 Å². The van der Waals surface area contributed by atoms with E-state index in [1.165, 1.54) is 24.8 Å². The molecule has 21 heavy (non-hydrogen) atoms. The number of fused-ring (bicyclic) bond motifs is 3. The van der Waals surface area contributed by atoms with E-state index in [4.69, 9.17) is 0 Å². The molecule has 3 fully saturated rings. The molecular formula is C17H21N3O. The van der Waals surface area contributed by atoms with Gasteiger partial charge in [0.25, 0.3) is 0 Å². The molecule has 1 amide bonds. The van der Waals surface area contributed by atoms with Crippen LogP contribution in [-0.2, 0) is 10.2 Å². The van der Waals surface area contributed by atoms with E-state index >= 15 is 0 Å². The Morgan fingerprint density at radius 1 is 1.14 bits per heavy atom. The van der Waals surface area contributed by atoms with Crippen molar-refractivity contribution in [1.29, 1.82) is 0 Å². The molecule has 2 saturated carbocycles. The molecule has 3 N–H and O–H groups in total. The Labute approximate surface area is 124 Å². The zero-order chi connectivity index (χ0) is 14.0. The van der Waals surface area contributed by atoms with Crippen molar-refractivity contribution in [3.8, 4) is 0 Å². The van der Waals surface area contributed by atoms with E-state index in [1.807, 2.05) is 12.1 Å². The van der Waals surface area contributed by atoms with Crippen LogP contribution in [0, 0.1) is 17.8 Å². The number of carbonyl (C=O) groups is 1. The summed E-state index contributed by atoms with van der Waals surface area (Å²) in [5.41, 5.74) is 8.83. The van der Waals surface area contributed by atoms with Gasteiger partial charge < -0.3 is 5.32 Å². The number of hydrazine groups is 1. The molecule has 110 valence electrons. The molecule has 0 radical (unpaired) electrons. The van der Waals surface area contributed by atoms with Crippen LogP contribution in [0.5, 0.6) is 0 Å². The van der Waals surface area contributed by atoms with Crippen molar-refractivity contribution in [1.82, 2.24) is 10.9 Å². The van der Waals surface area contributed by atoms with Crippen molar-refractivity contribution in [3.63, 3.8) is 0 Å². The highest BCUT2D eigenvalue weighted by Crippen LogP contribution is 2.64. The molecule has 4 aliphatic rings. The molecule has 1 spiro atoms. The summed E-state index contributed by atoms with van der Waals surface area (Å²) in [4.78, 5) is 12.6. The smallest absolute Gasteiger partial charge is 0.235 e.